The fraction of sp³-hybridized carbons (Fsp3) is 0.667. The molecule has 0 bridgehead atoms. The van der Waals surface area contributed by atoms with E-state index in [1.807, 2.05) is 6.92 Å². The first kappa shape index (κ1) is 15.4. The van der Waals surface area contributed by atoms with Gasteiger partial charge in [0.15, 0.2) is 0 Å². The Bertz CT molecular complexity index is 702. The zero-order valence-electron chi connectivity index (χ0n) is 13.4. The monoisotopic (exact) mass is 321 g/mol. The molecule has 2 aromatic rings. The molecule has 22 heavy (non-hydrogen) atoms. The molecule has 7 heteroatoms. The van der Waals surface area contributed by atoms with E-state index in [0.29, 0.717) is 10.9 Å². The van der Waals surface area contributed by atoms with E-state index in [2.05, 4.69) is 34.0 Å². The molecule has 0 spiro atoms. The Labute approximate surface area is 134 Å². The number of aromatic nitrogens is 3. The van der Waals surface area contributed by atoms with Gasteiger partial charge in [0.05, 0.1) is 0 Å². The summed E-state index contributed by atoms with van der Waals surface area (Å²) in [4.78, 5) is 21.8. The lowest BCUT2D eigenvalue weighted by atomic mass is 9.97. The second-order valence-electron chi connectivity index (χ2n) is 6.15. The van der Waals surface area contributed by atoms with Crippen LogP contribution >= 0.6 is 11.3 Å². The van der Waals surface area contributed by atoms with Crippen molar-refractivity contribution in [1.82, 2.24) is 19.5 Å². The highest BCUT2D eigenvalue weighted by atomic mass is 32.1. The van der Waals surface area contributed by atoms with Crippen molar-refractivity contribution < 1.29 is 0 Å². The maximum atomic E-state index is 12.1. The van der Waals surface area contributed by atoms with Crippen LogP contribution in [0.25, 0.3) is 4.96 Å². The molecule has 3 heterocycles. The molecule has 0 N–H and O–H groups in total. The molecule has 0 aliphatic carbocycles. The van der Waals surface area contributed by atoms with Crippen molar-refractivity contribution in [2.45, 2.75) is 26.2 Å². The highest BCUT2D eigenvalue weighted by molar-refractivity contribution is 7.20. The van der Waals surface area contributed by atoms with Crippen LogP contribution in [0.15, 0.2) is 10.9 Å². The maximum absolute atomic E-state index is 12.1. The summed E-state index contributed by atoms with van der Waals surface area (Å²) in [6.45, 7) is 5.33. The van der Waals surface area contributed by atoms with Crippen LogP contribution in [-0.2, 0) is 6.42 Å². The fourth-order valence-electron chi connectivity index (χ4n) is 2.89. The second kappa shape index (κ2) is 6.34. The van der Waals surface area contributed by atoms with Crippen molar-refractivity contribution in [3.05, 3.63) is 22.1 Å². The van der Waals surface area contributed by atoms with Gasteiger partial charge in [0.2, 0.25) is 10.1 Å². The number of hydrogen-bond acceptors (Lipinski definition) is 6. The van der Waals surface area contributed by atoms with Crippen molar-refractivity contribution in [2.24, 2.45) is 5.92 Å². The molecule has 0 saturated carbocycles. The summed E-state index contributed by atoms with van der Waals surface area (Å²) in [6.07, 6.45) is 3.22. The lowest BCUT2D eigenvalue weighted by Crippen LogP contribution is -2.35. The van der Waals surface area contributed by atoms with Gasteiger partial charge in [0.25, 0.3) is 5.56 Å². The zero-order chi connectivity index (χ0) is 15.7. The van der Waals surface area contributed by atoms with Gasteiger partial charge >= 0.3 is 0 Å². The van der Waals surface area contributed by atoms with Gasteiger partial charge in [0.1, 0.15) is 0 Å². The van der Waals surface area contributed by atoms with Crippen LogP contribution in [0.1, 0.15) is 25.5 Å². The van der Waals surface area contributed by atoms with E-state index in [9.17, 15) is 4.79 Å². The van der Waals surface area contributed by atoms with Crippen LogP contribution < -0.4 is 10.5 Å². The summed E-state index contributed by atoms with van der Waals surface area (Å²) in [7, 11) is 4.23. The summed E-state index contributed by atoms with van der Waals surface area (Å²) in [5.41, 5.74) is 0.746. The number of piperidine rings is 1. The standard InChI is InChI=1S/C15H23N5OS/c1-4-12-9-13(21)20-14(16-12)22-15(17-20)19(3)10-11-5-7-18(2)8-6-11/h9,11H,4-8,10H2,1-3H3. The molecule has 1 fully saturated rings. The number of nitrogens with zero attached hydrogens (tertiary/aromatic N) is 5. The van der Waals surface area contributed by atoms with Gasteiger partial charge < -0.3 is 9.80 Å². The molecule has 1 aliphatic rings. The number of fused-ring (bicyclic) bond motifs is 1. The van der Waals surface area contributed by atoms with Gasteiger partial charge in [-0.2, -0.15) is 4.52 Å². The second-order valence-corrected chi connectivity index (χ2v) is 7.08. The molecular weight excluding hydrogens is 298 g/mol. The quantitative estimate of drug-likeness (QED) is 0.854. The molecule has 1 saturated heterocycles. The molecule has 0 aromatic carbocycles. The minimum atomic E-state index is -0.0861. The van der Waals surface area contributed by atoms with Crippen molar-refractivity contribution in [2.75, 3.05) is 38.6 Å². The highest BCUT2D eigenvalue weighted by Crippen LogP contribution is 2.24. The van der Waals surface area contributed by atoms with Gasteiger partial charge in [-0.15, -0.1) is 5.10 Å². The number of aryl methyl sites for hydroxylation is 1. The van der Waals surface area contributed by atoms with E-state index in [-0.39, 0.29) is 5.56 Å². The molecule has 0 unspecified atom stereocenters. The molecule has 0 amide bonds. The normalized spacial score (nSPS) is 17.2. The largest absolute Gasteiger partial charge is 0.349 e. The van der Waals surface area contributed by atoms with Crippen molar-refractivity contribution in [3.63, 3.8) is 0 Å². The third kappa shape index (κ3) is 3.15. The summed E-state index contributed by atoms with van der Waals surface area (Å²) < 4.78 is 1.42. The lowest BCUT2D eigenvalue weighted by Gasteiger charge is -2.31. The Kier molecular flexibility index (Phi) is 4.44. The molecule has 0 atom stereocenters. The van der Waals surface area contributed by atoms with Crippen LogP contribution in [-0.4, -0.2) is 53.2 Å². The molecule has 3 rings (SSSR count). The lowest BCUT2D eigenvalue weighted by molar-refractivity contribution is 0.222. The third-order valence-electron chi connectivity index (χ3n) is 4.35. The summed E-state index contributed by atoms with van der Waals surface area (Å²) >= 11 is 1.49. The smallest absolute Gasteiger partial charge is 0.275 e. The molecular formula is C15H23N5OS. The Morgan fingerprint density at radius 3 is 2.82 bits per heavy atom. The number of likely N-dealkylation sites (tertiary alicyclic amines) is 1. The summed E-state index contributed by atoms with van der Waals surface area (Å²) in [5.74, 6) is 0.698. The van der Waals surface area contributed by atoms with Crippen molar-refractivity contribution >= 4 is 21.4 Å². The van der Waals surface area contributed by atoms with Gasteiger partial charge in [-0.25, -0.2) is 4.98 Å². The Hall–Kier alpha value is -1.47. The van der Waals surface area contributed by atoms with Crippen LogP contribution in [0.4, 0.5) is 5.13 Å². The molecule has 1 aliphatic heterocycles. The summed E-state index contributed by atoms with van der Waals surface area (Å²) in [5, 5.41) is 5.32. The molecule has 0 radical (unpaired) electrons. The molecule has 6 nitrogen and oxygen atoms in total. The van der Waals surface area contributed by atoms with E-state index in [1.165, 1.54) is 41.8 Å². The first-order valence-electron chi connectivity index (χ1n) is 7.86. The van der Waals surface area contributed by atoms with Gasteiger partial charge in [-0.1, -0.05) is 18.3 Å². The van der Waals surface area contributed by atoms with E-state index < -0.39 is 0 Å². The number of rotatable bonds is 4. The minimum Gasteiger partial charge on any atom is -0.349 e. The van der Waals surface area contributed by atoms with E-state index in [0.717, 1.165) is 23.8 Å². The minimum absolute atomic E-state index is 0.0861. The SMILES string of the molecule is CCc1cc(=O)n2nc(N(C)CC3CCN(C)CC3)sc2n1. The third-order valence-corrected chi connectivity index (χ3v) is 5.37. The predicted molar refractivity (Wildman–Crippen MR) is 90.0 cm³/mol. The van der Waals surface area contributed by atoms with Crippen LogP contribution in [0.2, 0.25) is 0 Å². The van der Waals surface area contributed by atoms with Crippen LogP contribution in [0.5, 0.6) is 0 Å². The van der Waals surface area contributed by atoms with E-state index in [1.54, 1.807) is 6.07 Å². The Balaban J connectivity index is 1.78. The average Bonchev–Trinajstić information content (AvgIpc) is 2.94. The summed E-state index contributed by atoms with van der Waals surface area (Å²) in [6, 6.07) is 1.58. The fourth-order valence-corrected chi connectivity index (χ4v) is 3.79. The Morgan fingerprint density at radius 1 is 1.41 bits per heavy atom. The van der Waals surface area contributed by atoms with Crippen molar-refractivity contribution in [1.29, 1.82) is 0 Å². The van der Waals surface area contributed by atoms with E-state index in [4.69, 9.17) is 0 Å². The van der Waals surface area contributed by atoms with E-state index >= 15 is 0 Å². The predicted octanol–water partition coefficient (Wildman–Crippen LogP) is 1.49. The molecule has 120 valence electrons. The van der Waals surface area contributed by atoms with Gasteiger partial charge in [-0.05, 0) is 45.3 Å². The van der Waals surface area contributed by atoms with Crippen molar-refractivity contribution in [3.8, 4) is 0 Å². The Morgan fingerprint density at radius 2 is 2.14 bits per heavy atom. The highest BCUT2D eigenvalue weighted by Gasteiger charge is 2.20. The van der Waals surface area contributed by atoms with Gasteiger partial charge in [-0.3, -0.25) is 4.79 Å². The first-order valence-corrected chi connectivity index (χ1v) is 8.68. The topological polar surface area (TPSA) is 53.7 Å². The van der Waals surface area contributed by atoms with Gasteiger partial charge in [0, 0.05) is 25.4 Å². The molecule has 2 aromatic heterocycles. The van der Waals surface area contributed by atoms with Crippen LogP contribution in [0.3, 0.4) is 0 Å². The number of anilines is 1. The van der Waals surface area contributed by atoms with Crippen LogP contribution in [0, 0.1) is 5.92 Å². The average molecular weight is 321 g/mol. The number of hydrogen-bond donors (Lipinski definition) is 0. The zero-order valence-corrected chi connectivity index (χ0v) is 14.3. The maximum Gasteiger partial charge on any atom is 0.275 e. The first-order chi connectivity index (χ1) is 10.6.